The number of fused-ring (bicyclic) bond motifs is 2. The van der Waals surface area contributed by atoms with Crippen LogP contribution in [-0.4, -0.2) is 29.2 Å². The molecule has 4 aromatic heterocycles. The van der Waals surface area contributed by atoms with Gasteiger partial charge in [0.1, 0.15) is 17.1 Å². The molecule has 0 aliphatic heterocycles. The molecular formula is C20H18N6OS. The molecule has 1 unspecified atom stereocenters. The van der Waals surface area contributed by atoms with E-state index in [4.69, 9.17) is 9.84 Å². The minimum Gasteiger partial charge on any atom is -0.483 e. The second-order valence-electron chi connectivity index (χ2n) is 6.46. The van der Waals surface area contributed by atoms with Gasteiger partial charge in [-0.05, 0) is 37.6 Å². The second-order valence-corrected chi connectivity index (χ2v) is 7.45. The van der Waals surface area contributed by atoms with Gasteiger partial charge in [-0.2, -0.15) is 9.61 Å². The van der Waals surface area contributed by atoms with E-state index in [1.54, 1.807) is 4.52 Å². The predicted octanol–water partition coefficient (Wildman–Crippen LogP) is 4.34. The maximum Gasteiger partial charge on any atom is 0.235 e. The topological polar surface area (TPSA) is 69.6 Å². The quantitative estimate of drug-likeness (QED) is 0.446. The highest BCUT2D eigenvalue weighted by atomic mass is 32.1. The number of rotatable bonds is 5. The first kappa shape index (κ1) is 16.9. The number of hydrogen-bond donors (Lipinski definition) is 0. The first-order valence-corrected chi connectivity index (χ1v) is 9.94. The molecule has 0 radical (unpaired) electrons. The first-order chi connectivity index (χ1) is 13.7. The number of nitrogens with zero attached hydrogens (tertiary/aromatic N) is 6. The van der Waals surface area contributed by atoms with Gasteiger partial charge in [-0.15, -0.1) is 10.2 Å². The first-order valence-electron chi connectivity index (χ1n) is 9.12. The fourth-order valence-corrected chi connectivity index (χ4v) is 4.22. The van der Waals surface area contributed by atoms with Gasteiger partial charge in [0, 0.05) is 6.20 Å². The van der Waals surface area contributed by atoms with E-state index in [0.29, 0.717) is 5.82 Å². The summed E-state index contributed by atoms with van der Waals surface area (Å²) in [6.07, 6.45) is 2.65. The van der Waals surface area contributed by atoms with E-state index < -0.39 is 0 Å². The summed E-state index contributed by atoms with van der Waals surface area (Å²) in [5.74, 6) is 1.52. The number of pyridine rings is 1. The van der Waals surface area contributed by atoms with E-state index in [-0.39, 0.29) is 6.10 Å². The lowest BCUT2D eigenvalue weighted by atomic mass is 10.3. The van der Waals surface area contributed by atoms with Gasteiger partial charge >= 0.3 is 0 Å². The van der Waals surface area contributed by atoms with Crippen molar-refractivity contribution < 1.29 is 4.74 Å². The average Bonchev–Trinajstić information content (AvgIpc) is 3.39. The number of imidazole rings is 1. The van der Waals surface area contributed by atoms with Crippen molar-refractivity contribution in [2.75, 3.05) is 0 Å². The highest BCUT2D eigenvalue weighted by molar-refractivity contribution is 7.16. The van der Waals surface area contributed by atoms with Crippen molar-refractivity contribution in [1.29, 1.82) is 0 Å². The van der Waals surface area contributed by atoms with E-state index in [1.165, 1.54) is 11.3 Å². The summed E-state index contributed by atoms with van der Waals surface area (Å²) < 4.78 is 9.95. The monoisotopic (exact) mass is 390 g/mol. The third kappa shape index (κ3) is 2.73. The molecule has 0 N–H and O–H groups in total. The maximum atomic E-state index is 6.14. The highest BCUT2D eigenvalue weighted by Crippen LogP contribution is 2.30. The Morgan fingerprint density at radius 2 is 1.89 bits per heavy atom. The lowest BCUT2D eigenvalue weighted by Gasteiger charge is -2.14. The number of ether oxygens (including phenoxy) is 1. The zero-order chi connectivity index (χ0) is 19.1. The Labute approximate surface area is 165 Å². The smallest absolute Gasteiger partial charge is 0.235 e. The number of hydrogen-bond acceptors (Lipinski definition) is 6. The largest absolute Gasteiger partial charge is 0.483 e. The Kier molecular flexibility index (Phi) is 4.05. The fourth-order valence-electron chi connectivity index (χ4n) is 3.26. The molecule has 140 valence electrons. The fraction of sp³-hybridized carbons (Fsp3) is 0.200. The Hall–Kier alpha value is -3.26. The second kappa shape index (κ2) is 6.72. The zero-order valence-corrected chi connectivity index (χ0v) is 16.3. The zero-order valence-electron chi connectivity index (χ0n) is 15.5. The Morgan fingerprint density at radius 3 is 2.71 bits per heavy atom. The van der Waals surface area contributed by atoms with Crippen LogP contribution in [-0.2, 0) is 0 Å². The van der Waals surface area contributed by atoms with E-state index in [0.717, 1.165) is 39.2 Å². The maximum absolute atomic E-state index is 6.14. The van der Waals surface area contributed by atoms with Crippen LogP contribution in [0.2, 0.25) is 0 Å². The van der Waals surface area contributed by atoms with Crippen molar-refractivity contribution in [3.63, 3.8) is 0 Å². The normalized spacial score (nSPS) is 12.6. The standard InChI is InChI=1S/C20H18N6OS/c1-3-15(27-14-9-5-4-6-10-14)19-24-26-18(22-23-20(26)28-19)17-13(2)21-16-11-7-8-12-25(16)17/h4-12,15H,3H2,1-2H3. The molecule has 5 rings (SSSR count). The molecule has 28 heavy (non-hydrogen) atoms. The summed E-state index contributed by atoms with van der Waals surface area (Å²) in [4.78, 5) is 5.36. The van der Waals surface area contributed by atoms with Crippen LogP contribution in [0.4, 0.5) is 0 Å². The van der Waals surface area contributed by atoms with Gasteiger partial charge in [0.25, 0.3) is 0 Å². The lowest BCUT2D eigenvalue weighted by Crippen LogP contribution is -2.07. The molecule has 0 aliphatic rings. The number of para-hydroxylation sites is 1. The van der Waals surface area contributed by atoms with Gasteiger partial charge in [0.2, 0.25) is 10.8 Å². The molecule has 7 nitrogen and oxygen atoms in total. The van der Waals surface area contributed by atoms with Crippen LogP contribution in [0, 0.1) is 6.92 Å². The minimum absolute atomic E-state index is 0.134. The summed E-state index contributed by atoms with van der Waals surface area (Å²) in [5.41, 5.74) is 2.67. The van der Waals surface area contributed by atoms with Crippen molar-refractivity contribution in [2.45, 2.75) is 26.4 Å². The highest BCUT2D eigenvalue weighted by Gasteiger charge is 2.23. The lowest BCUT2D eigenvalue weighted by molar-refractivity contribution is 0.199. The van der Waals surface area contributed by atoms with E-state index >= 15 is 0 Å². The van der Waals surface area contributed by atoms with Crippen LogP contribution >= 0.6 is 11.3 Å². The van der Waals surface area contributed by atoms with Gasteiger partial charge in [-0.25, -0.2) is 4.98 Å². The van der Waals surface area contributed by atoms with Crippen molar-refractivity contribution in [1.82, 2.24) is 29.2 Å². The Balaban J connectivity index is 1.58. The molecule has 0 saturated carbocycles. The third-order valence-corrected chi connectivity index (χ3v) is 5.58. The van der Waals surface area contributed by atoms with Crippen molar-refractivity contribution in [2.24, 2.45) is 0 Å². The summed E-state index contributed by atoms with van der Waals surface area (Å²) in [6, 6.07) is 15.7. The summed E-state index contributed by atoms with van der Waals surface area (Å²) in [6.45, 7) is 4.07. The summed E-state index contributed by atoms with van der Waals surface area (Å²) >= 11 is 1.50. The van der Waals surface area contributed by atoms with Crippen molar-refractivity contribution >= 4 is 21.9 Å². The van der Waals surface area contributed by atoms with Crippen LogP contribution in [0.15, 0.2) is 54.7 Å². The number of benzene rings is 1. The van der Waals surface area contributed by atoms with Crippen LogP contribution in [0.1, 0.15) is 30.2 Å². The molecule has 0 aliphatic carbocycles. The molecule has 0 saturated heterocycles. The van der Waals surface area contributed by atoms with Gasteiger partial charge in [-0.3, -0.25) is 4.40 Å². The van der Waals surface area contributed by atoms with E-state index in [9.17, 15) is 0 Å². The Morgan fingerprint density at radius 1 is 1.07 bits per heavy atom. The number of aryl methyl sites for hydroxylation is 1. The van der Waals surface area contributed by atoms with Crippen LogP contribution in [0.3, 0.4) is 0 Å². The SMILES string of the molecule is CCC(Oc1ccccc1)c1nn2c(-c3c(C)nc4ccccn34)nnc2s1. The van der Waals surface area contributed by atoms with Crippen molar-refractivity contribution in [3.8, 4) is 17.3 Å². The van der Waals surface area contributed by atoms with Gasteiger partial charge < -0.3 is 4.74 Å². The molecule has 0 spiro atoms. The molecule has 0 bridgehead atoms. The summed E-state index contributed by atoms with van der Waals surface area (Å²) in [7, 11) is 0. The van der Waals surface area contributed by atoms with Gasteiger partial charge in [0.05, 0.1) is 5.69 Å². The molecule has 5 aromatic rings. The van der Waals surface area contributed by atoms with Crippen molar-refractivity contribution in [3.05, 3.63) is 65.4 Å². The Bertz CT molecular complexity index is 1260. The van der Waals surface area contributed by atoms with Crippen LogP contribution in [0.25, 0.3) is 22.1 Å². The average molecular weight is 390 g/mol. The minimum atomic E-state index is -0.134. The molecule has 8 heteroatoms. The molecular weight excluding hydrogens is 372 g/mol. The molecule has 1 atom stereocenters. The van der Waals surface area contributed by atoms with Crippen LogP contribution < -0.4 is 4.74 Å². The van der Waals surface area contributed by atoms with Gasteiger partial charge in [-0.1, -0.05) is 42.5 Å². The van der Waals surface area contributed by atoms with Gasteiger partial charge in [0.15, 0.2) is 11.1 Å². The molecule has 0 fully saturated rings. The number of aromatic nitrogens is 6. The third-order valence-electron chi connectivity index (χ3n) is 4.59. The van der Waals surface area contributed by atoms with E-state index in [2.05, 4.69) is 22.1 Å². The molecule has 0 amide bonds. The summed E-state index contributed by atoms with van der Waals surface area (Å²) in [5, 5.41) is 14.4. The van der Waals surface area contributed by atoms with E-state index in [1.807, 2.05) is 66.1 Å². The molecule has 1 aromatic carbocycles. The molecule has 4 heterocycles. The predicted molar refractivity (Wildman–Crippen MR) is 108 cm³/mol. The van der Waals surface area contributed by atoms with Crippen LogP contribution in [0.5, 0.6) is 5.75 Å².